The van der Waals surface area contributed by atoms with Crippen molar-refractivity contribution in [3.8, 4) is 5.75 Å². The average molecular weight is 449 g/mol. The largest absolute Gasteiger partial charge is 0.423 e. The highest BCUT2D eigenvalue weighted by molar-refractivity contribution is 5.91. The molecule has 4 atom stereocenters. The number of halogens is 1. The Hall–Kier alpha value is -2.42. The van der Waals surface area contributed by atoms with Crippen molar-refractivity contribution < 1.29 is 13.9 Å². The summed E-state index contributed by atoms with van der Waals surface area (Å²) in [6.07, 6.45) is 13.7. The van der Waals surface area contributed by atoms with Gasteiger partial charge in [-0.1, -0.05) is 50.5 Å². The molecule has 0 radical (unpaired) electrons. The first-order valence-electron chi connectivity index (χ1n) is 12.8. The van der Waals surface area contributed by atoms with Crippen LogP contribution in [0.5, 0.6) is 5.75 Å². The minimum atomic E-state index is -0.516. The molecule has 0 saturated heterocycles. The fraction of sp³-hybridized carbons (Fsp3) is 0.500. The normalized spacial score (nSPS) is 24.7. The van der Waals surface area contributed by atoms with Gasteiger partial charge in [-0.3, -0.25) is 0 Å². The second-order valence-corrected chi connectivity index (χ2v) is 10.1. The quantitative estimate of drug-likeness (QED) is 0.231. The van der Waals surface area contributed by atoms with E-state index in [1.54, 1.807) is 18.2 Å². The van der Waals surface area contributed by atoms with E-state index in [1.165, 1.54) is 50.2 Å². The van der Waals surface area contributed by atoms with Crippen LogP contribution in [0.3, 0.4) is 0 Å². The van der Waals surface area contributed by atoms with Crippen LogP contribution in [-0.4, -0.2) is 5.97 Å². The van der Waals surface area contributed by atoms with E-state index in [1.807, 2.05) is 24.3 Å². The summed E-state index contributed by atoms with van der Waals surface area (Å²) in [5.41, 5.74) is 2.20. The number of benzene rings is 2. The van der Waals surface area contributed by atoms with Gasteiger partial charge in [-0.25, -0.2) is 9.18 Å². The number of ether oxygens (including phenoxy) is 1. The van der Waals surface area contributed by atoms with Gasteiger partial charge in [-0.2, -0.15) is 0 Å². The van der Waals surface area contributed by atoms with E-state index in [2.05, 4.69) is 13.5 Å². The van der Waals surface area contributed by atoms with Gasteiger partial charge in [0.2, 0.25) is 0 Å². The molecular formula is C30H37FO2. The van der Waals surface area contributed by atoms with E-state index < -0.39 is 5.97 Å². The van der Waals surface area contributed by atoms with Crippen LogP contribution in [0.2, 0.25) is 0 Å². The SMILES string of the molecule is C=CCCc1ccc(OC(=O)c2ccc(C3CCC4CC(CCC)CCC4C3)c(F)c2)cc1. The lowest BCUT2D eigenvalue weighted by atomic mass is 9.63. The van der Waals surface area contributed by atoms with E-state index >= 15 is 4.39 Å². The van der Waals surface area contributed by atoms with Gasteiger partial charge in [-0.15, -0.1) is 6.58 Å². The second-order valence-electron chi connectivity index (χ2n) is 10.1. The maximum atomic E-state index is 15.1. The van der Waals surface area contributed by atoms with E-state index in [4.69, 9.17) is 4.74 Å². The smallest absolute Gasteiger partial charge is 0.343 e. The zero-order chi connectivity index (χ0) is 23.2. The summed E-state index contributed by atoms with van der Waals surface area (Å²) in [4.78, 5) is 12.6. The fourth-order valence-corrected chi connectivity index (χ4v) is 6.08. The van der Waals surface area contributed by atoms with E-state index in [0.717, 1.165) is 49.0 Å². The summed E-state index contributed by atoms with van der Waals surface area (Å²) in [5.74, 6) is 2.41. The van der Waals surface area contributed by atoms with Crippen molar-refractivity contribution in [2.75, 3.05) is 0 Å². The number of carbonyl (C=O) groups excluding carboxylic acids is 1. The van der Waals surface area contributed by atoms with Gasteiger partial charge in [0.15, 0.2) is 0 Å². The fourth-order valence-electron chi connectivity index (χ4n) is 6.08. The predicted octanol–water partition coefficient (Wildman–Crippen LogP) is 8.26. The van der Waals surface area contributed by atoms with Gasteiger partial charge in [0, 0.05) is 0 Å². The van der Waals surface area contributed by atoms with Gasteiger partial charge in [0.1, 0.15) is 11.6 Å². The number of carbonyl (C=O) groups is 1. The molecule has 2 nitrogen and oxygen atoms in total. The van der Waals surface area contributed by atoms with Crippen molar-refractivity contribution in [3.63, 3.8) is 0 Å². The Morgan fingerprint density at radius 3 is 2.55 bits per heavy atom. The van der Waals surface area contributed by atoms with Crippen molar-refractivity contribution >= 4 is 5.97 Å². The zero-order valence-corrected chi connectivity index (χ0v) is 19.9. The molecule has 0 amide bonds. The molecule has 0 bridgehead atoms. The molecule has 0 aromatic heterocycles. The first kappa shape index (κ1) is 23.7. The number of esters is 1. The lowest BCUT2D eigenvalue weighted by molar-refractivity contribution is 0.0734. The van der Waals surface area contributed by atoms with Crippen LogP contribution in [0, 0.1) is 23.6 Å². The second kappa shape index (κ2) is 11.1. The number of hydrogen-bond donors (Lipinski definition) is 0. The number of allylic oxidation sites excluding steroid dienone is 1. The molecule has 2 fully saturated rings. The van der Waals surface area contributed by atoms with Crippen molar-refractivity contribution in [3.05, 3.63) is 77.6 Å². The molecular weight excluding hydrogens is 411 g/mol. The van der Waals surface area contributed by atoms with Gasteiger partial charge >= 0.3 is 5.97 Å². The van der Waals surface area contributed by atoms with E-state index in [-0.39, 0.29) is 17.3 Å². The highest BCUT2D eigenvalue weighted by Gasteiger charge is 2.36. The first-order valence-corrected chi connectivity index (χ1v) is 12.8. The molecule has 4 rings (SSSR count). The third kappa shape index (κ3) is 5.93. The van der Waals surface area contributed by atoms with Crippen LogP contribution >= 0.6 is 0 Å². The summed E-state index contributed by atoms with van der Waals surface area (Å²) < 4.78 is 20.6. The maximum Gasteiger partial charge on any atom is 0.343 e. The van der Waals surface area contributed by atoms with Crippen LogP contribution in [0.25, 0.3) is 0 Å². The van der Waals surface area contributed by atoms with Crippen LogP contribution in [-0.2, 0) is 6.42 Å². The number of fused-ring (bicyclic) bond motifs is 1. The Balaban J connectivity index is 1.36. The molecule has 2 saturated carbocycles. The van der Waals surface area contributed by atoms with Crippen molar-refractivity contribution in [2.24, 2.45) is 17.8 Å². The summed E-state index contributed by atoms with van der Waals surface area (Å²) in [6, 6.07) is 12.4. The molecule has 2 aromatic carbocycles. The van der Waals surface area contributed by atoms with E-state index in [0.29, 0.717) is 5.75 Å². The first-order chi connectivity index (χ1) is 16.1. The van der Waals surface area contributed by atoms with Crippen molar-refractivity contribution in [1.29, 1.82) is 0 Å². The third-order valence-corrected chi connectivity index (χ3v) is 7.87. The summed E-state index contributed by atoms with van der Waals surface area (Å²) >= 11 is 0. The predicted molar refractivity (Wildman–Crippen MR) is 132 cm³/mol. The minimum Gasteiger partial charge on any atom is -0.423 e. The molecule has 0 aliphatic heterocycles. The Labute approximate surface area is 198 Å². The van der Waals surface area contributed by atoms with Gasteiger partial charge < -0.3 is 4.74 Å². The summed E-state index contributed by atoms with van der Waals surface area (Å²) in [5, 5.41) is 0. The lowest BCUT2D eigenvalue weighted by Gasteiger charge is -2.42. The Morgan fingerprint density at radius 1 is 1.06 bits per heavy atom. The Morgan fingerprint density at radius 2 is 1.82 bits per heavy atom. The molecule has 176 valence electrons. The van der Waals surface area contributed by atoms with Gasteiger partial charge in [0.05, 0.1) is 5.56 Å². The highest BCUT2D eigenvalue weighted by Crippen LogP contribution is 2.48. The lowest BCUT2D eigenvalue weighted by Crippen LogP contribution is -2.30. The number of rotatable bonds is 8. The molecule has 2 aromatic rings. The zero-order valence-electron chi connectivity index (χ0n) is 19.9. The molecule has 2 aliphatic carbocycles. The third-order valence-electron chi connectivity index (χ3n) is 7.87. The summed E-state index contributed by atoms with van der Waals surface area (Å²) in [7, 11) is 0. The van der Waals surface area contributed by atoms with Gasteiger partial charge in [-0.05, 0) is 104 Å². The molecule has 33 heavy (non-hydrogen) atoms. The topological polar surface area (TPSA) is 26.3 Å². The van der Waals surface area contributed by atoms with Crippen molar-refractivity contribution in [2.45, 2.75) is 77.0 Å². The monoisotopic (exact) mass is 448 g/mol. The van der Waals surface area contributed by atoms with Crippen molar-refractivity contribution in [1.82, 2.24) is 0 Å². The minimum absolute atomic E-state index is 0.265. The Bertz CT molecular complexity index is 948. The highest BCUT2D eigenvalue weighted by atomic mass is 19.1. The van der Waals surface area contributed by atoms with Crippen LogP contribution in [0.4, 0.5) is 4.39 Å². The number of aryl methyl sites for hydroxylation is 1. The standard InChI is InChI=1S/C30H37FO2/c1-3-5-7-21-9-15-27(16-10-21)33-30(32)26-14-17-28(29(31)20-26)25-13-12-23-18-22(6-4-2)8-11-24(23)19-25/h3,9-10,14-17,20,22-25H,1,4-8,11-13,18-19H2,2H3. The Kier molecular flexibility index (Phi) is 8.01. The van der Waals surface area contributed by atoms with Gasteiger partial charge in [0.25, 0.3) is 0 Å². The van der Waals surface area contributed by atoms with Crippen LogP contribution in [0.15, 0.2) is 55.1 Å². The van der Waals surface area contributed by atoms with Crippen LogP contribution in [0.1, 0.15) is 92.1 Å². The molecule has 2 aliphatic rings. The summed E-state index contributed by atoms with van der Waals surface area (Å²) in [6.45, 7) is 6.02. The average Bonchev–Trinajstić information content (AvgIpc) is 2.83. The van der Waals surface area contributed by atoms with E-state index in [9.17, 15) is 4.79 Å². The molecule has 0 heterocycles. The van der Waals surface area contributed by atoms with Crippen LogP contribution < -0.4 is 4.74 Å². The molecule has 0 spiro atoms. The maximum absolute atomic E-state index is 15.1. The number of hydrogen-bond acceptors (Lipinski definition) is 2. The molecule has 0 N–H and O–H groups in total. The molecule has 3 heteroatoms. The molecule has 4 unspecified atom stereocenters.